The summed E-state index contributed by atoms with van der Waals surface area (Å²) in [5, 5.41) is 3.72. The van der Waals surface area contributed by atoms with E-state index in [4.69, 9.17) is 5.73 Å². The Kier molecular flexibility index (Phi) is 1.58. The first-order valence-electron chi connectivity index (χ1n) is 2.91. The number of nitrogens with zero attached hydrogens (tertiary/aromatic N) is 2. The van der Waals surface area contributed by atoms with Crippen LogP contribution in [0.25, 0.3) is 0 Å². The second-order valence-corrected chi connectivity index (χ2v) is 2.12. The topological polar surface area (TPSA) is 74.0 Å². The van der Waals surface area contributed by atoms with Crippen LogP contribution in [0, 0.1) is 0 Å². The second kappa shape index (κ2) is 2.26. The molecule has 0 aliphatic heterocycles. The van der Waals surface area contributed by atoms with Crippen molar-refractivity contribution in [2.45, 2.75) is 13.0 Å². The summed E-state index contributed by atoms with van der Waals surface area (Å²) in [6.45, 7) is 1.70. The standard InChI is InChI=1S/C5H9N3O2/c1-3(6)4-7-8(2)5(9)10-4/h3H,6H2,1-2H3. The van der Waals surface area contributed by atoms with E-state index >= 15 is 0 Å². The van der Waals surface area contributed by atoms with Gasteiger partial charge in [0.05, 0.1) is 6.04 Å². The van der Waals surface area contributed by atoms with E-state index in [-0.39, 0.29) is 11.9 Å². The van der Waals surface area contributed by atoms with Gasteiger partial charge in [-0.2, -0.15) is 4.68 Å². The number of aromatic nitrogens is 2. The van der Waals surface area contributed by atoms with E-state index in [0.29, 0.717) is 0 Å². The fourth-order valence-electron chi connectivity index (χ4n) is 0.549. The lowest BCUT2D eigenvalue weighted by Gasteiger charge is -1.92. The highest BCUT2D eigenvalue weighted by atomic mass is 16.4. The molecular weight excluding hydrogens is 134 g/mol. The van der Waals surface area contributed by atoms with Crippen LogP contribution < -0.4 is 11.5 Å². The van der Waals surface area contributed by atoms with Crippen LogP contribution >= 0.6 is 0 Å². The lowest BCUT2D eigenvalue weighted by molar-refractivity contribution is 0.431. The molecule has 2 N–H and O–H groups in total. The number of hydrogen-bond donors (Lipinski definition) is 1. The van der Waals surface area contributed by atoms with Gasteiger partial charge >= 0.3 is 5.76 Å². The van der Waals surface area contributed by atoms with E-state index in [2.05, 4.69) is 9.52 Å². The Morgan fingerprint density at radius 3 is 2.60 bits per heavy atom. The summed E-state index contributed by atoms with van der Waals surface area (Å²) < 4.78 is 5.76. The molecule has 56 valence electrons. The average Bonchev–Trinajstić information content (AvgIpc) is 2.13. The number of hydrogen-bond acceptors (Lipinski definition) is 4. The van der Waals surface area contributed by atoms with Gasteiger partial charge in [0, 0.05) is 7.05 Å². The molecule has 5 nitrogen and oxygen atoms in total. The predicted molar refractivity (Wildman–Crippen MR) is 34.3 cm³/mol. The fourth-order valence-corrected chi connectivity index (χ4v) is 0.549. The molecule has 0 saturated carbocycles. The molecule has 0 bridgehead atoms. The summed E-state index contributed by atoms with van der Waals surface area (Å²) in [6, 6.07) is -0.325. The van der Waals surface area contributed by atoms with Crippen molar-refractivity contribution in [2.24, 2.45) is 12.8 Å². The Morgan fingerprint density at radius 1 is 1.80 bits per heavy atom. The van der Waals surface area contributed by atoms with Gasteiger partial charge < -0.3 is 10.2 Å². The molecule has 0 aromatic carbocycles. The largest absolute Gasteiger partial charge is 0.436 e. The zero-order valence-corrected chi connectivity index (χ0v) is 5.87. The minimum atomic E-state index is -0.479. The quantitative estimate of drug-likeness (QED) is 0.569. The normalized spacial score (nSPS) is 13.5. The van der Waals surface area contributed by atoms with Crippen LogP contribution in [0.4, 0.5) is 0 Å². The molecule has 0 aliphatic rings. The smallest absolute Gasteiger partial charge is 0.391 e. The Morgan fingerprint density at radius 2 is 2.40 bits per heavy atom. The van der Waals surface area contributed by atoms with Gasteiger partial charge in [0.15, 0.2) is 0 Å². The average molecular weight is 143 g/mol. The predicted octanol–water partition coefficient (Wildman–Crippen LogP) is -0.607. The van der Waals surface area contributed by atoms with Crippen molar-refractivity contribution in [1.29, 1.82) is 0 Å². The molecule has 1 aromatic rings. The molecule has 1 atom stereocenters. The van der Waals surface area contributed by atoms with Crippen LogP contribution in [0.3, 0.4) is 0 Å². The van der Waals surface area contributed by atoms with E-state index in [9.17, 15) is 4.79 Å². The van der Waals surface area contributed by atoms with Crippen LogP contribution in [-0.2, 0) is 7.05 Å². The van der Waals surface area contributed by atoms with Crippen LogP contribution in [-0.4, -0.2) is 9.78 Å². The summed E-state index contributed by atoms with van der Waals surface area (Å²) in [6.07, 6.45) is 0. The highest BCUT2D eigenvalue weighted by Crippen LogP contribution is 2.00. The molecule has 0 saturated heterocycles. The third-order valence-corrected chi connectivity index (χ3v) is 1.09. The molecule has 1 aromatic heterocycles. The minimum Gasteiger partial charge on any atom is -0.391 e. The summed E-state index contributed by atoms with van der Waals surface area (Å²) in [7, 11) is 1.51. The monoisotopic (exact) mass is 143 g/mol. The maximum atomic E-state index is 10.6. The Labute approximate surface area is 57.4 Å². The fraction of sp³-hybridized carbons (Fsp3) is 0.600. The molecular formula is C5H9N3O2. The summed E-state index contributed by atoms with van der Waals surface area (Å²) >= 11 is 0. The molecule has 0 amide bonds. The van der Waals surface area contributed by atoms with Crippen LogP contribution in [0.5, 0.6) is 0 Å². The van der Waals surface area contributed by atoms with E-state index in [1.54, 1.807) is 6.92 Å². The number of aryl methyl sites for hydroxylation is 1. The van der Waals surface area contributed by atoms with Crippen LogP contribution in [0.15, 0.2) is 9.21 Å². The van der Waals surface area contributed by atoms with Gasteiger partial charge in [0.1, 0.15) is 0 Å². The lowest BCUT2D eigenvalue weighted by Crippen LogP contribution is -2.10. The van der Waals surface area contributed by atoms with E-state index in [0.717, 1.165) is 4.68 Å². The van der Waals surface area contributed by atoms with Crippen molar-refractivity contribution in [1.82, 2.24) is 9.78 Å². The van der Waals surface area contributed by atoms with Crippen molar-refractivity contribution in [2.75, 3.05) is 0 Å². The van der Waals surface area contributed by atoms with Gasteiger partial charge in [-0.3, -0.25) is 0 Å². The Hall–Kier alpha value is -1.10. The highest BCUT2D eigenvalue weighted by molar-refractivity contribution is 4.80. The molecule has 0 fully saturated rings. The molecule has 0 radical (unpaired) electrons. The molecule has 0 aliphatic carbocycles. The maximum Gasteiger partial charge on any atom is 0.436 e. The molecule has 5 heteroatoms. The molecule has 1 unspecified atom stereocenters. The zero-order valence-electron chi connectivity index (χ0n) is 5.87. The van der Waals surface area contributed by atoms with E-state index in [1.165, 1.54) is 7.05 Å². The van der Waals surface area contributed by atoms with Crippen molar-refractivity contribution in [3.05, 3.63) is 16.4 Å². The summed E-state index contributed by atoms with van der Waals surface area (Å²) in [5.74, 6) is -0.209. The van der Waals surface area contributed by atoms with Crippen LogP contribution in [0.2, 0.25) is 0 Å². The summed E-state index contributed by atoms with van der Waals surface area (Å²) in [4.78, 5) is 10.6. The van der Waals surface area contributed by atoms with Crippen molar-refractivity contribution < 1.29 is 4.42 Å². The number of nitrogens with two attached hydrogens (primary N) is 1. The molecule has 0 spiro atoms. The van der Waals surface area contributed by atoms with Gasteiger partial charge in [-0.1, -0.05) is 0 Å². The third kappa shape index (κ3) is 1.08. The number of rotatable bonds is 1. The highest BCUT2D eigenvalue weighted by Gasteiger charge is 2.07. The van der Waals surface area contributed by atoms with Crippen LogP contribution in [0.1, 0.15) is 18.9 Å². The lowest BCUT2D eigenvalue weighted by atomic mass is 10.4. The van der Waals surface area contributed by atoms with Gasteiger partial charge in [-0.25, -0.2) is 4.79 Å². The molecule has 1 heterocycles. The Balaban J connectivity index is 3.10. The molecule has 1 rings (SSSR count). The first-order chi connectivity index (χ1) is 4.61. The van der Waals surface area contributed by atoms with Crippen molar-refractivity contribution in [3.63, 3.8) is 0 Å². The van der Waals surface area contributed by atoms with Gasteiger partial charge in [0.25, 0.3) is 0 Å². The van der Waals surface area contributed by atoms with Crippen molar-refractivity contribution >= 4 is 0 Å². The van der Waals surface area contributed by atoms with Gasteiger partial charge in [-0.05, 0) is 6.92 Å². The van der Waals surface area contributed by atoms with E-state index in [1.807, 2.05) is 0 Å². The third-order valence-electron chi connectivity index (χ3n) is 1.09. The first kappa shape index (κ1) is 7.01. The van der Waals surface area contributed by atoms with Gasteiger partial charge in [-0.15, -0.1) is 5.10 Å². The zero-order chi connectivity index (χ0) is 7.72. The Bertz CT molecular complexity index is 273. The van der Waals surface area contributed by atoms with Crippen molar-refractivity contribution in [3.8, 4) is 0 Å². The molecule has 10 heavy (non-hydrogen) atoms. The second-order valence-electron chi connectivity index (χ2n) is 2.12. The minimum absolute atomic E-state index is 0.271. The van der Waals surface area contributed by atoms with E-state index < -0.39 is 5.76 Å². The SMILES string of the molecule is CC(N)c1nn(C)c(=O)o1. The van der Waals surface area contributed by atoms with Gasteiger partial charge in [0.2, 0.25) is 5.89 Å². The first-order valence-corrected chi connectivity index (χ1v) is 2.91. The summed E-state index contributed by atoms with van der Waals surface area (Å²) in [5.41, 5.74) is 5.39. The maximum absolute atomic E-state index is 10.6.